The van der Waals surface area contributed by atoms with Crippen molar-refractivity contribution in [2.75, 3.05) is 5.32 Å². The normalized spacial score (nSPS) is 13.5. The number of amides is 1. The van der Waals surface area contributed by atoms with E-state index in [9.17, 15) is 9.59 Å². The molecule has 3 aromatic rings. The molecule has 2 heterocycles. The van der Waals surface area contributed by atoms with E-state index >= 15 is 0 Å². The van der Waals surface area contributed by atoms with Crippen LogP contribution in [0.25, 0.3) is 11.8 Å². The van der Waals surface area contributed by atoms with Crippen LogP contribution in [0.1, 0.15) is 27.9 Å². The Bertz CT molecular complexity index is 989. The van der Waals surface area contributed by atoms with Crippen LogP contribution in [0.2, 0.25) is 0 Å². The Balaban J connectivity index is 1.48. The molecule has 1 aromatic heterocycles. The van der Waals surface area contributed by atoms with Crippen molar-refractivity contribution < 1.29 is 9.59 Å². The molecule has 4 rings (SSSR count). The van der Waals surface area contributed by atoms with E-state index in [0.717, 1.165) is 22.5 Å². The monoisotopic (exact) mass is 344 g/mol. The number of aryl methyl sites for hydroxylation is 1. The summed E-state index contributed by atoms with van der Waals surface area (Å²) in [6, 6.07) is 13.1. The number of rotatable bonds is 4. The highest BCUT2D eigenvalue weighted by Gasteiger charge is 2.15. The molecule has 1 N–H and O–H groups in total. The molecule has 1 amide bonds. The van der Waals surface area contributed by atoms with Crippen LogP contribution in [-0.4, -0.2) is 26.5 Å². The summed E-state index contributed by atoms with van der Waals surface area (Å²) in [7, 11) is 0. The lowest BCUT2D eigenvalue weighted by Gasteiger charge is -2.16. The summed E-state index contributed by atoms with van der Waals surface area (Å²) in [6.45, 7) is 0. The van der Waals surface area contributed by atoms with E-state index in [2.05, 4.69) is 15.4 Å². The number of nitrogens with zero attached hydrogens (tertiary/aromatic N) is 3. The van der Waals surface area contributed by atoms with Gasteiger partial charge in [0.2, 0.25) is 5.91 Å². The molecule has 0 bridgehead atoms. The van der Waals surface area contributed by atoms with Crippen molar-refractivity contribution in [2.24, 2.45) is 0 Å². The van der Waals surface area contributed by atoms with Crippen LogP contribution >= 0.6 is 0 Å². The maximum Gasteiger partial charge on any atom is 0.224 e. The number of nitrogens with one attached hydrogen (secondary N) is 1. The van der Waals surface area contributed by atoms with E-state index in [1.165, 1.54) is 6.33 Å². The highest BCUT2D eigenvalue weighted by molar-refractivity contribution is 6.07. The van der Waals surface area contributed by atoms with Gasteiger partial charge in [-0.15, -0.1) is 0 Å². The van der Waals surface area contributed by atoms with Crippen molar-refractivity contribution in [3.8, 4) is 5.69 Å². The van der Waals surface area contributed by atoms with E-state index < -0.39 is 0 Å². The first-order chi connectivity index (χ1) is 12.7. The van der Waals surface area contributed by atoms with Crippen molar-refractivity contribution in [3.63, 3.8) is 0 Å². The minimum atomic E-state index is -0.0648. The Morgan fingerprint density at radius 1 is 1.12 bits per heavy atom. The Labute approximate surface area is 150 Å². The summed E-state index contributed by atoms with van der Waals surface area (Å²) in [5, 5.41) is 6.90. The fourth-order valence-electron chi connectivity index (χ4n) is 2.88. The highest BCUT2D eigenvalue weighted by atomic mass is 16.1. The lowest BCUT2D eigenvalue weighted by atomic mass is 9.98. The van der Waals surface area contributed by atoms with Gasteiger partial charge >= 0.3 is 0 Å². The Hall–Kier alpha value is -3.54. The smallest absolute Gasteiger partial charge is 0.224 e. The second-order valence-electron chi connectivity index (χ2n) is 6.05. The minimum absolute atomic E-state index is 0.0193. The number of anilines is 1. The molecular formula is C20H16N4O2. The zero-order valence-corrected chi connectivity index (χ0v) is 13.9. The second-order valence-corrected chi connectivity index (χ2v) is 6.05. The molecule has 26 heavy (non-hydrogen) atoms. The Morgan fingerprint density at radius 3 is 2.73 bits per heavy atom. The van der Waals surface area contributed by atoms with Crippen LogP contribution in [0.4, 0.5) is 5.69 Å². The zero-order valence-electron chi connectivity index (χ0n) is 13.9. The predicted octanol–water partition coefficient (Wildman–Crippen LogP) is 3.05. The third-order valence-corrected chi connectivity index (χ3v) is 4.29. The van der Waals surface area contributed by atoms with Crippen LogP contribution in [0, 0.1) is 0 Å². The van der Waals surface area contributed by atoms with Gasteiger partial charge < -0.3 is 5.32 Å². The third kappa shape index (κ3) is 3.30. The minimum Gasteiger partial charge on any atom is -0.326 e. The summed E-state index contributed by atoms with van der Waals surface area (Å²) in [5.74, 6) is -0.0455. The highest BCUT2D eigenvalue weighted by Crippen LogP contribution is 2.24. The average molecular weight is 344 g/mol. The van der Waals surface area contributed by atoms with Crippen molar-refractivity contribution in [2.45, 2.75) is 12.8 Å². The number of benzene rings is 2. The molecule has 1 aliphatic rings. The SMILES string of the molecule is O=C1CCc2cc(C(=O)/C=C/c3ccc(-n4cncn4)cc3)ccc2N1. The lowest BCUT2D eigenvalue weighted by molar-refractivity contribution is -0.116. The van der Waals surface area contributed by atoms with E-state index in [1.54, 1.807) is 35.3 Å². The van der Waals surface area contributed by atoms with Crippen LogP contribution in [0.3, 0.4) is 0 Å². The quantitative estimate of drug-likeness (QED) is 0.583. The molecule has 0 saturated heterocycles. The molecule has 0 radical (unpaired) electrons. The van der Waals surface area contributed by atoms with E-state index in [1.807, 2.05) is 30.3 Å². The molecule has 6 nitrogen and oxygen atoms in total. The summed E-state index contributed by atoms with van der Waals surface area (Å²) >= 11 is 0. The van der Waals surface area contributed by atoms with Gasteiger partial charge in [0, 0.05) is 17.7 Å². The summed E-state index contributed by atoms with van der Waals surface area (Å²) < 4.78 is 1.67. The number of fused-ring (bicyclic) bond motifs is 1. The van der Waals surface area contributed by atoms with Gasteiger partial charge in [0.1, 0.15) is 12.7 Å². The first-order valence-corrected chi connectivity index (χ1v) is 8.29. The number of aromatic nitrogens is 3. The van der Waals surface area contributed by atoms with Crippen molar-refractivity contribution >= 4 is 23.5 Å². The van der Waals surface area contributed by atoms with Crippen LogP contribution in [0.5, 0.6) is 0 Å². The number of carbonyl (C=O) groups excluding carboxylic acids is 2. The Kier molecular flexibility index (Phi) is 4.15. The fourth-order valence-corrected chi connectivity index (χ4v) is 2.88. The van der Waals surface area contributed by atoms with E-state index in [0.29, 0.717) is 18.4 Å². The first-order valence-electron chi connectivity index (χ1n) is 8.29. The standard InChI is InChI=1S/C20H16N4O2/c25-19(16-4-8-18-15(11-16)5-10-20(26)23-18)9-3-14-1-6-17(7-2-14)24-13-21-12-22-24/h1-4,6-9,11-13H,5,10H2,(H,23,26)/b9-3+. The Morgan fingerprint density at radius 2 is 1.96 bits per heavy atom. The van der Waals surface area contributed by atoms with Crippen LogP contribution < -0.4 is 5.32 Å². The number of hydrogen-bond acceptors (Lipinski definition) is 4. The topological polar surface area (TPSA) is 76.9 Å². The number of carbonyl (C=O) groups is 2. The van der Waals surface area contributed by atoms with Gasteiger partial charge in [0.05, 0.1) is 5.69 Å². The third-order valence-electron chi connectivity index (χ3n) is 4.29. The van der Waals surface area contributed by atoms with Crippen LogP contribution in [-0.2, 0) is 11.2 Å². The molecule has 0 spiro atoms. The predicted molar refractivity (Wildman–Crippen MR) is 98.1 cm³/mol. The van der Waals surface area contributed by atoms with Gasteiger partial charge in [-0.3, -0.25) is 9.59 Å². The molecule has 0 atom stereocenters. The average Bonchev–Trinajstić information content (AvgIpc) is 3.21. The number of hydrogen-bond donors (Lipinski definition) is 1. The summed E-state index contributed by atoms with van der Waals surface area (Å²) in [4.78, 5) is 27.7. The molecule has 6 heteroatoms. The molecule has 0 saturated carbocycles. The summed E-state index contributed by atoms with van der Waals surface area (Å²) in [6.07, 6.45) is 7.58. The maximum atomic E-state index is 12.4. The lowest BCUT2D eigenvalue weighted by Crippen LogP contribution is -2.19. The molecule has 0 fully saturated rings. The second kappa shape index (κ2) is 6.76. The summed E-state index contributed by atoms with van der Waals surface area (Å²) in [5.41, 5.74) is 4.25. The molecular weight excluding hydrogens is 328 g/mol. The molecule has 0 aliphatic carbocycles. The largest absolute Gasteiger partial charge is 0.326 e. The van der Waals surface area contributed by atoms with Gasteiger partial charge in [-0.1, -0.05) is 18.2 Å². The van der Waals surface area contributed by atoms with Crippen molar-refractivity contribution in [1.29, 1.82) is 0 Å². The molecule has 2 aromatic carbocycles. The maximum absolute atomic E-state index is 12.4. The van der Waals surface area contributed by atoms with E-state index in [4.69, 9.17) is 0 Å². The zero-order chi connectivity index (χ0) is 17.9. The molecule has 0 unspecified atom stereocenters. The fraction of sp³-hybridized carbons (Fsp3) is 0.100. The number of ketones is 1. The van der Waals surface area contributed by atoms with Crippen molar-refractivity contribution in [1.82, 2.24) is 14.8 Å². The van der Waals surface area contributed by atoms with Gasteiger partial charge in [-0.05, 0) is 54.0 Å². The molecule has 1 aliphatic heterocycles. The van der Waals surface area contributed by atoms with Crippen LogP contribution in [0.15, 0.2) is 61.2 Å². The van der Waals surface area contributed by atoms with Crippen molar-refractivity contribution in [3.05, 3.63) is 77.9 Å². The van der Waals surface area contributed by atoms with Gasteiger partial charge in [0.15, 0.2) is 5.78 Å². The van der Waals surface area contributed by atoms with E-state index in [-0.39, 0.29) is 11.7 Å². The van der Waals surface area contributed by atoms with Gasteiger partial charge in [-0.2, -0.15) is 5.10 Å². The van der Waals surface area contributed by atoms with Gasteiger partial charge in [-0.25, -0.2) is 9.67 Å². The number of allylic oxidation sites excluding steroid dienone is 1. The molecule has 128 valence electrons. The van der Waals surface area contributed by atoms with Gasteiger partial charge in [0.25, 0.3) is 0 Å². The first kappa shape index (κ1) is 16.0.